The number of carbonyl (C=O) groups excluding carboxylic acids is 2. The molecule has 0 saturated carbocycles. The van der Waals surface area contributed by atoms with E-state index in [2.05, 4.69) is 15.5 Å². The number of carbonyl (C=O) groups is 2. The van der Waals surface area contributed by atoms with Gasteiger partial charge < -0.3 is 10.2 Å². The van der Waals surface area contributed by atoms with Crippen LogP contribution in [0.1, 0.15) is 10.5 Å². The summed E-state index contributed by atoms with van der Waals surface area (Å²) in [5, 5.41) is 8.98. The SMILES string of the molecule is CN(CC(=O)Nc1ccccc1)C(=O)c1ccn[nH]1. The summed E-state index contributed by atoms with van der Waals surface area (Å²) in [6.07, 6.45) is 1.49. The molecular weight excluding hydrogens is 244 g/mol. The van der Waals surface area contributed by atoms with Crippen molar-refractivity contribution in [3.8, 4) is 0 Å². The molecular formula is C13H14N4O2. The Kier molecular flexibility index (Phi) is 3.92. The largest absolute Gasteiger partial charge is 0.331 e. The fourth-order valence-electron chi connectivity index (χ4n) is 1.59. The highest BCUT2D eigenvalue weighted by Gasteiger charge is 2.15. The summed E-state index contributed by atoms with van der Waals surface area (Å²) in [5.74, 6) is -0.526. The van der Waals surface area contributed by atoms with Gasteiger partial charge in [0.05, 0.1) is 6.54 Å². The number of nitrogens with one attached hydrogen (secondary N) is 2. The Morgan fingerprint density at radius 2 is 2.00 bits per heavy atom. The molecule has 6 heteroatoms. The molecule has 0 aliphatic rings. The molecule has 2 aromatic rings. The normalized spacial score (nSPS) is 9.95. The van der Waals surface area contributed by atoms with Gasteiger partial charge >= 0.3 is 0 Å². The summed E-state index contributed by atoms with van der Waals surface area (Å²) >= 11 is 0. The van der Waals surface area contributed by atoms with Crippen LogP contribution in [0, 0.1) is 0 Å². The number of aromatic amines is 1. The fraction of sp³-hybridized carbons (Fsp3) is 0.154. The number of amides is 2. The molecule has 1 aromatic carbocycles. The molecule has 2 rings (SSSR count). The van der Waals surface area contributed by atoms with Gasteiger partial charge in [0, 0.05) is 18.9 Å². The molecule has 6 nitrogen and oxygen atoms in total. The van der Waals surface area contributed by atoms with Crippen molar-refractivity contribution in [1.82, 2.24) is 15.1 Å². The van der Waals surface area contributed by atoms with Crippen LogP contribution < -0.4 is 5.32 Å². The highest BCUT2D eigenvalue weighted by atomic mass is 16.2. The van der Waals surface area contributed by atoms with Crippen molar-refractivity contribution >= 4 is 17.5 Å². The first kappa shape index (κ1) is 12.8. The van der Waals surface area contributed by atoms with E-state index < -0.39 is 0 Å². The standard InChI is InChI=1S/C13H14N4O2/c1-17(13(19)11-7-8-14-16-11)9-12(18)15-10-5-3-2-4-6-10/h2-8H,9H2,1H3,(H,14,16)(H,15,18). The molecule has 0 spiro atoms. The lowest BCUT2D eigenvalue weighted by Crippen LogP contribution is -2.35. The van der Waals surface area contributed by atoms with Crippen molar-refractivity contribution in [3.63, 3.8) is 0 Å². The summed E-state index contributed by atoms with van der Waals surface area (Å²) in [7, 11) is 1.56. The first-order valence-corrected chi connectivity index (χ1v) is 5.76. The number of benzene rings is 1. The van der Waals surface area contributed by atoms with E-state index >= 15 is 0 Å². The van der Waals surface area contributed by atoms with Crippen LogP contribution in [0.3, 0.4) is 0 Å². The minimum absolute atomic E-state index is 0.0211. The van der Waals surface area contributed by atoms with Gasteiger partial charge in [-0.2, -0.15) is 5.10 Å². The lowest BCUT2D eigenvalue weighted by atomic mass is 10.3. The van der Waals surface area contributed by atoms with E-state index in [9.17, 15) is 9.59 Å². The second-order valence-electron chi connectivity index (χ2n) is 4.05. The van der Waals surface area contributed by atoms with E-state index in [1.54, 1.807) is 25.2 Å². The van der Waals surface area contributed by atoms with E-state index in [1.807, 2.05) is 18.2 Å². The van der Waals surface area contributed by atoms with E-state index in [0.29, 0.717) is 11.4 Å². The maximum Gasteiger partial charge on any atom is 0.272 e. The Hall–Kier alpha value is -2.63. The first-order valence-electron chi connectivity index (χ1n) is 5.76. The van der Waals surface area contributed by atoms with E-state index in [1.165, 1.54) is 11.1 Å². The van der Waals surface area contributed by atoms with Gasteiger partial charge in [0.1, 0.15) is 5.69 Å². The zero-order chi connectivity index (χ0) is 13.7. The first-order chi connectivity index (χ1) is 9.16. The Morgan fingerprint density at radius 1 is 1.26 bits per heavy atom. The Labute approximate surface area is 110 Å². The van der Waals surface area contributed by atoms with Crippen LogP contribution in [0.25, 0.3) is 0 Å². The van der Waals surface area contributed by atoms with E-state index in [-0.39, 0.29) is 18.4 Å². The molecule has 0 fully saturated rings. The number of aromatic nitrogens is 2. The zero-order valence-corrected chi connectivity index (χ0v) is 10.5. The van der Waals surface area contributed by atoms with Gasteiger partial charge in [-0.15, -0.1) is 0 Å². The topological polar surface area (TPSA) is 78.1 Å². The van der Waals surface area contributed by atoms with Crippen LogP contribution in [0.5, 0.6) is 0 Å². The zero-order valence-electron chi connectivity index (χ0n) is 10.5. The van der Waals surface area contributed by atoms with E-state index in [0.717, 1.165) is 0 Å². The van der Waals surface area contributed by atoms with Gasteiger partial charge in [-0.25, -0.2) is 0 Å². The summed E-state index contributed by atoms with van der Waals surface area (Å²) in [4.78, 5) is 25.0. The Morgan fingerprint density at radius 3 is 2.63 bits per heavy atom. The second-order valence-corrected chi connectivity index (χ2v) is 4.05. The molecule has 19 heavy (non-hydrogen) atoms. The average Bonchev–Trinajstić information content (AvgIpc) is 2.92. The van der Waals surface area contributed by atoms with Gasteiger partial charge in [-0.05, 0) is 18.2 Å². The summed E-state index contributed by atoms with van der Waals surface area (Å²) < 4.78 is 0. The molecule has 98 valence electrons. The summed E-state index contributed by atoms with van der Waals surface area (Å²) in [5.41, 5.74) is 1.06. The van der Waals surface area contributed by atoms with Gasteiger partial charge in [0.25, 0.3) is 5.91 Å². The number of hydrogen-bond donors (Lipinski definition) is 2. The molecule has 2 N–H and O–H groups in total. The lowest BCUT2D eigenvalue weighted by Gasteiger charge is -2.15. The fourth-order valence-corrected chi connectivity index (χ4v) is 1.59. The predicted octanol–water partition coefficient (Wildman–Crippen LogP) is 1.12. The Bertz CT molecular complexity index is 551. The van der Waals surface area contributed by atoms with Gasteiger partial charge in [0.2, 0.25) is 5.91 Å². The molecule has 0 aliphatic heterocycles. The Balaban J connectivity index is 1.90. The van der Waals surface area contributed by atoms with Gasteiger partial charge in [-0.1, -0.05) is 18.2 Å². The molecule has 0 bridgehead atoms. The second kappa shape index (κ2) is 5.81. The van der Waals surface area contributed by atoms with Crippen molar-refractivity contribution in [2.24, 2.45) is 0 Å². The third-order valence-electron chi connectivity index (χ3n) is 2.52. The molecule has 2 amide bonds. The molecule has 0 radical (unpaired) electrons. The van der Waals surface area contributed by atoms with Gasteiger partial charge in [-0.3, -0.25) is 14.7 Å². The highest BCUT2D eigenvalue weighted by Crippen LogP contribution is 2.05. The molecule has 0 unspecified atom stereocenters. The minimum Gasteiger partial charge on any atom is -0.331 e. The third-order valence-corrected chi connectivity index (χ3v) is 2.52. The number of para-hydroxylation sites is 1. The molecule has 0 aliphatic carbocycles. The third kappa shape index (κ3) is 3.41. The van der Waals surface area contributed by atoms with Gasteiger partial charge in [0.15, 0.2) is 0 Å². The van der Waals surface area contributed by atoms with Crippen molar-refractivity contribution in [2.75, 3.05) is 18.9 Å². The maximum absolute atomic E-state index is 11.9. The van der Waals surface area contributed by atoms with Crippen LogP contribution in [-0.4, -0.2) is 40.5 Å². The number of rotatable bonds is 4. The van der Waals surface area contributed by atoms with Crippen LogP contribution in [-0.2, 0) is 4.79 Å². The van der Waals surface area contributed by atoms with Crippen molar-refractivity contribution in [2.45, 2.75) is 0 Å². The quantitative estimate of drug-likeness (QED) is 0.862. The molecule has 1 heterocycles. The highest BCUT2D eigenvalue weighted by molar-refractivity contribution is 5.98. The average molecular weight is 258 g/mol. The number of likely N-dealkylation sites (N-methyl/N-ethyl adjacent to an activating group) is 1. The maximum atomic E-state index is 11.9. The van der Waals surface area contributed by atoms with Crippen LogP contribution in [0.2, 0.25) is 0 Å². The smallest absolute Gasteiger partial charge is 0.272 e. The molecule has 0 atom stereocenters. The predicted molar refractivity (Wildman–Crippen MR) is 70.6 cm³/mol. The van der Waals surface area contributed by atoms with Crippen molar-refractivity contribution < 1.29 is 9.59 Å². The van der Waals surface area contributed by atoms with Crippen molar-refractivity contribution in [3.05, 3.63) is 48.3 Å². The minimum atomic E-state index is -0.277. The van der Waals surface area contributed by atoms with Crippen LogP contribution >= 0.6 is 0 Å². The molecule has 1 aromatic heterocycles. The monoisotopic (exact) mass is 258 g/mol. The van der Waals surface area contributed by atoms with Crippen LogP contribution in [0.15, 0.2) is 42.6 Å². The number of hydrogen-bond acceptors (Lipinski definition) is 3. The summed E-state index contributed by atoms with van der Waals surface area (Å²) in [6.45, 7) is -0.0211. The van der Waals surface area contributed by atoms with E-state index in [4.69, 9.17) is 0 Å². The number of nitrogens with zero attached hydrogens (tertiary/aromatic N) is 2. The molecule has 0 saturated heterocycles. The van der Waals surface area contributed by atoms with Crippen LogP contribution in [0.4, 0.5) is 5.69 Å². The summed E-state index contributed by atoms with van der Waals surface area (Å²) in [6, 6.07) is 10.7. The lowest BCUT2D eigenvalue weighted by molar-refractivity contribution is -0.116. The number of H-pyrrole nitrogens is 1. The number of anilines is 1. The van der Waals surface area contributed by atoms with Crippen molar-refractivity contribution in [1.29, 1.82) is 0 Å².